The van der Waals surface area contributed by atoms with E-state index in [1.54, 1.807) is 18.5 Å². The van der Waals surface area contributed by atoms with Crippen LogP contribution in [0.25, 0.3) is 0 Å². The van der Waals surface area contributed by atoms with Crippen LogP contribution in [0.1, 0.15) is 17.0 Å². The number of nitrogens with zero attached hydrogens (tertiary/aromatic N) is 1. The van der Waals surface area contributed by atoms with Crippen LogP contribution in [0.15, 0.2) is 42.7 Å². The van der Waals surface area contributed by atoms with Gasteiger partial charge in [-0.2, -0.15) is 0 Å². The van der Waals surface area contributed by atoms with Gasteiger partial charge < -0.3 is 10.6 Å². The van der Waals surface area contributed by atoms with Crippen LogP contribution < -0.4 is 10.6 Å². The summed E-state index contributed by atoms with van der Waals surface area (Å²) in [5, 5.41) is 6.60. The van der Waals surface area contributed by atoms with Gasteiger partial charge in [-0.1, -0.05) is 35.9 Å². The Kier molecular flexibility index (Phi) is 3.67. The second kappa shape index (κ2) is 5.61. The van der Waals surface area contributed by atoms with Crippen LogP contribution in [0.4, 0.5) is 5.69 Å². The number of anilines is 1. The van der Waals surface area contributed by atoms with Gasteiger partial charge in [-0.25, -0.2) is 0 Å². The van der Waals surface area contributed by atoms with Crippen molar-refractivity contribution in [3.63, 3.8) is 0 Å². The van der Waals surface area contributed by atoms with Gasteiger partial charge in [-0.3, -0.25) is 9.78 Å². The Morgan fingerprint density at radius 1 is 1.35 bits per heavy atom. The molecule has 0 bridgehead atoms. The van der Waals surface area contributed by atoms with Crippen LogP contribution in [0.2, 0.25) is 5.02 Å². The summed E-state index contributed by atoms with van der Waals surface area (Å²) in [5.74, 6) is -0.282. The van der Waals surface area contributed by atoms with Crippen LogP contribution in [-0.2, 0) is 11.3 Å². The molecule has 1 aromatic heterocycles. The molecule has 0 fully saturated rings. The van der Waals surface area contributed by atoms with E-state index in [2.05, 4.69) is 15.6 Å². The number of amides is 1. The maximum Gasteiger partial charge on any atom is 0.233 e. The number of benzene rings is 1. The van der Waals surface area contributed by atoms with Crippen molar-refractivity contribution >= 4 is 23.2 Å². The van der Waals surface area contributed by atoms with Crippen molar-refractivity contribution in [1.82, 2.24) is 10.3 Å². The SMILES string of the molecule is O=C(Nc1cnccc1Cl)C1CNCc2ccccc21. The van der Waals surface area contributed by atoms with Gasteiger partial charge in [-0.15, -0.1) is 0 Å². The number of nitrogens with one attached hydrogen (secondary N) is 2. The van der Waals surface area contributed by atoms with Gasteiger partial charge in [-0.05, 0) is 17.2 Å². The molecule has 0 radical (unpaired) electrons. The average molecular weight is 288 g/mol. The Morgan fingerprint density at radius 2 is 2.20 bits per heavy atom. The van der Waals surface area contributed by atoms with Crippen LogP contribution in [0.5, 0.6) is 0 Å². The zero-order chi connectivity index (χ0) is 13.9. The number of carbonyl (C=O) groups is 1. The first-order chi connectivity index (χ1) is 9.75. The van der Waals surface area contributed by atoms with Crippen molar-refractivity contribution in [2.45, 2.75) is 12.5 Å². The quantitative estimate of drug-likeness (QED) is 0.892. The van der Waals surface area contributed by atoms with Gasteiger partial charge in [0.15, 0.2) is 0 Å². The first kappa shape index (κ1) is 13.1. The summed E-state index contributed by atoms with van der Waals surface area (Å²) >= 11 is 6.04. The molecule has 2 aromatic rings. The average Bonchev–Trinajstić information content (AvgIpc) is 2.49. The van der Waals surface area contributed by atoms with Gasteiger partial charge in [0, 0.05) is 19.3 Å². The Bertz CT molecular complexity index is 645. The number of hydrogen-bond donors (Lipinski definition) is 2. The molecule has 1 aliphatic heterocycles. The molecule has 20 heavy (non-hydrogen) atoms. The van der Waals surface area contributed by atoms with E-state index >= 15 is 0 Å². The maximum absolute atomic E-state index is 12.4. The predicted octanol–water partition coefficient (Wildman–Crippen LogP) is 2.56. The van der Waals surface area contributed by atoms with Crippen molar-refractivity contribution in [2.24, 2.45) is 0 Å². The Morgan fingerprint density at radius 3 is 3.05 bits per heavy atom. The minimum Gasteiger partial charge on any atom is -0.323 e. The number of rotatable bonds is 2. The molecule has 1 aromatic carbocycles. The van der Waals surface area contributed by atoms with E-state index < -0.39 is 0 Å². The summed E-state index contributed by atoms with van der Waals surface area (Å²) in [4.78, 5) is 16.4. The van der Waals surface area contributed by atoms with Crippen molar-refractivity contribution in [1.29, 1.82) is 0 Å². The molecule has 1 aliphatic rings. The fourth-order valence-corrected chi connectivity index (χ4v) is 2.57. The van der Waals surface area contributed by atoms with E-state index in [0.717, 1.165) is 17.7 Å². The highest BCUT2D eigenvalue weighted by Gasteiger charge is 2.26. The highest BCUT2D eigenvalue weighted by molar-refractivity contribution is 6.33. The second-order valence-corrected chi connectivity index (χ2v) is 5.13. The zero-order valence-electron chi connectivity index (χ0n) is 10.8. The van der Waals surface area contributed by atoms with Crippen LogP contribution in [-0.4, -0.2) is 17.4 Å². The second-order valence-electron chi connectivity index (χ2n) is 4.73. The number of aromatic nitrogens is 1. The normalized spacial score (nSPS) is 17.4. The fourth-order valence-electron chi connectivity index (χ4n) is 2.42. The predicted molar refractivity (Wildman–Crippen MR) is 78.8 cm³/mol. The van der Waals surface area contributed by atoms with E-state index in [4.69, 9.17) is 11.6 Å². The number of pyridine rings is 1. The minimum absolute atomic E-state index is 0.0699. The number of carbonyl (C=O) groups excluding carboxylic acids is 1. The molecule has 1 amide bonds. The lowest BCUT2D eigenvalue weighted by Crippen LogP contribution is -2.35. The summed E-state index contributed by atoms with van der Waals surface area (Å²) < 4.78 is 0. The molecule has 1 atom stereocenters. The van der Waals surface area contributed by atoms with E-state index in [-0.39, 0.29) is 11.8 Å². The molecule has 0 saturated carbocycles. The minimum atomic E-state index is -0.212. The van der Waals surface area contributed by atoms with Gasteiger partial charge in [0.2, 0.25) is 5.91 Å². The van der Waals surface area contributed by atoms with E-state index in [9.17, 15) is 4.79 Å². The molecular weight excluding hydrogens is 274 g/mol. The van der Waals surface area contributed by atoms with Crippen molar-refractivity contribution in [2.75, 3.05) is 11.9 Å². The third-order valence-electron chi connectivity index (χ3n) is 3.44. The number of hydrogen-bond acceptors (Lipinski definition) is 3. The highest BCUT2D eigenvalue weighted by atomic mass is 35.5. The first-order valence-electron chi connectivity index (χ1n) is 6.44. The summed E-state index contributed by atoms with van der Waals surface area (Å²) in [6.07, 6.45) is 3.15. The van der Waals surface area contributed by atoms with Gasteiger partial charge >= 0.3 is 0 Å². The molecular formula is C15H14ClN3O. The third kappa shape index (κ3) is 2.53. The van der Waals surface area contributed by atoms with Gasteiger partial charge in [0.05, 0.1) is 22.8 Å². The van der Waals surface area contributed by atoms with Crippen LogP contribution >= 0.6 is 11.6 Å². The molecule has 1 unspecified atom stereocenters. The standard InChI is InChI=1S/C15H14ClN3O/c16-13-5-6-17-9-14(13)19-15(20)12-8-18-7-10-3-1-2-4-11(10)12/h1-6,9,12,18H,7-8H2,(H,19,20). The topological polar surface area (TPSA) is 54.0 Å². The smallest absolute Gasteiger partial charge is 0.233 e. The monoisotopic (exact) mass is 287 g/mol. The van der Waals surface area contributed by atoms with Crippen LogP contribution in [0, 0.1) is 0 Å². The summed E-state index contributed by atoms with van der Waals surface area (Å²) in [6.45, 7) is 1.42. The summed E-state index contributed by atoms with van der Waals surface area (Å²) in [5.41, 5.74) is 2.78. The maximum atomic E-state index is 12.4. The molecule has 5 heteroatoms. The van der Waals surface area contributed by atoms with Crippen molar-refractivity contribution in [3.05, 3.63) is 58.9 Å². The lowest BCUT2D eigenvalue weighted by molar-refractivity contribution is -0.117. The largest absolute Gasteiger partial charge is 0.323 e. The van der Waals surface area contributed by atoms with Crippen LogP contribution in [0.3, 0.4) is 0 Å². The van der Waals surface area contributed by atoms with Crippen molar-refractivity contribution in [3.8, 4) is 0 Å². The molecule has 2 heterocycles. The zero-order valence-corrected chi connectivity index (χ0v) is 11.5. The summed E-state index contributed by atoms with van der Waals surface area (Å²) in [7, 11) is 0. The lowest BCUT2D eigenvalue weighted by Gasteiger charge is -2.25. The Labute approximate surface area is 122 Å². The molecule has 102 valence electrons. The third-order valence-corrected chi connectivity index (χ3v) is 3.77. The van der Waals surface area contributed by atoms with E-state index in [0.29, 0.717) is 17.3 Å². The first-order valence-corrected chi connectivity index (χ1v) is 6.82. The molecule has 2 N–H and O–H groups in total. The Hall–Kier alpha value is -1.91. The molecule has 3 rings (SSSR count). The summed E-state index contributed by atoms with van der Waals surface area (Å²) in [6, 6.07) is 9.65. The highest BCUT2D eigenvalue weighted by Crippen LogP contribution is 2.26. The fraction of sp³-hybridized carbons (Fsp3) is 0.200. The molecule has 0 aliphatic carbocycles. The van der Waals surface area contributed by atoms with Gasteiger partial charge in [0.1, 0.15) is 0 Å². The van der Waals surface area contributed by atoms with E-state index in [1.165, 1.54) is 0 Å². The van der Waals surface area contributed by atoms with E-state index in [1.807, 2.05) is 24.3 Å². The number of halogens is 1. The molecule has 4 nitrogen and oxygen atoms in total. The van der Waals surface area contributed by atoms with Gasteiger partial charge in [0.25, 0.3) is 0 Å². The number of fused-ring (bicyclic) bond motifs is 1. The lowest BCUT2D eigenvalue weighted by atomic mass is 9.90. The van der Waals surface area contributed by atoms with Crippen molar-refractivity contribution < 1.29 is 4.79 Å². The molecule has 0 spiro atoms. The molecule has 0 saturated heterocycles. The Balaban J connectivity index is 1.84.